The number of aryl methyl sites for hydroxylation is 2. The minimum Gasteiger partial charge on any atom is -0.370 e. The molecule has 0 spiro atoms. The number of guanidine groups is 1. The number of nitrogens with zero attached hydrogens (tertiary/aromatic N) is 1. The molecule has 0 bridgehead atoms. The highest BCUT2D eigenvalue weighted by Crippen LogP contribution is 2.32. The molecule has 6 N–H and O–H groups in total. The first-order chi connectivity index (χ1) is 13.3. The Bertz CT molecular complexity index is 954. The minimum atomic E-state index is -0.832. The molecule has 1 atom stereocenters. The predicted octanol–water partition coefficient (Wildman–Crippen LogP) is 1.65. The average molecular weight is 383 g/mol. The Balaban J connectivity index is 1.63. The maximum absolute atomic E-state index is 13.6. The molecular weight excluding hydrogens is 361 g/mol. The molecule has 2 amide bonds. The van der Waals surface area contributed by atoms with Crippen molar-refractivity contribution in [1.82, 2.24) is 5.32 Å². The van der Waals surface area contributed by atoms with Crippen molar-refractivity contribution in [3.63, 3.8) is 0 Å². The molecule has 7 nitrogen and oxygen atoms in total. The normalized spacial score (nSPS) is 14.9. The van der Waals surface area contributed by atoms with E-state index in [-0.39, 0.29) is 17.7 Å². The molecule has 2 aromatic carbocycles. The van der Waals surface area contributed by atoms with E-state index in [4.69, 9.17) is 11.5 Å². The Morgan fingerprint density at radius 1 is 1.18 bits per heavy atom. The average Bonchev–Trinajstić information content (AvgIpc) is 3.05. The second kappa shape index (κ2) is 8.08. The van der Waals surface area contributed by atoms with Crippen molar-refractivity contribution >= 4 is 23.5 Å². The van der Waals surface area contributed by atoms with Crippen LogP contribution in [0.3, 0.4) is 0 Å². The number of halogens is 1. The van der Waals surface area contributed by atoms with Crippen LogP contribution >= 0.6 is 0 Å². The molecule has 8 heteroatoms. The van der Waals surface area contributed by atoms with Crippen molar-refractivity contribution in [3.8, 4) is 0 Å². The van der Waals surface area contributed by atoms with Crippen molar-refractivity contribution in [2.45, 2.75) is 32.4 Å². The van der Waals surface area contributed by atoms with Gasteiger partial charge in [-0.25, -0.2) is 9.38 Å². The fourth-order valence-electron chi connectivity index (χ4n) is 3.18. The maximum Gasteiger partial charge on any atom is 0.313 e. The Kier molecular flexibility index (Phi) is 5.58. The monoisotopic (exact) mass is 383 g/mol. The van der Waals surface area contributed by atoms with E-state index in [9.17, 15) is 14.0 Å². The number of carbonyl (C=O) groups excluding carboxylic acids is 2. The van der Waals surface area contributed by atoms with Gasteiger partial charge in [-0.3, -0.25) is 9.59 Å². The van der Waals surface area contributed by atoms with E-state index >= 15 is 0 Å². The maximum atomic E-state index is 13.6. The first-order valence-corrected chi connectivity index (χ1v) is 8.88. The molecule has 146 valence electrons. The van der Waals surface area contributed by atoms with Gasteiger partial charge in [-0.05, 0) is 54.2 Å². The summed E-state index contributed by atoms with van der Waals surface area (Å²) in [5.74, 6) is -2.01. The topological polar surface area (TPSA) is 123 Å². The number of nitrogens with one attached hydrogen (secondary N) is 2. The van der Waals surface area contributed by atoms with Crippen LogP contribution in [0.2, 0.25) is 0 Å². The standard InChI is InChI=1S/C20H22FN5O2/c1-11-2-5-14(9-16(11)21)25-18(27)19(28)26-17-7-4-13-8-12(3-6-15(13)17)10-24-20(22)23/h2-3,5-6,8-9,17H,4,7,10H2,1H3,(H,25,27)(H,26,28)(H4,22,23,24)/t17-/m1/s1. The molecule has 0 saturated carbocycles. The van der Waals surface area contributed by atoms with Gasteiger partial charge >= 0.3 is 11.8 Å². The lowest BCUT2D eigenvalue weighted by molar-refractivity contribution is -0.136. The number of nitrogens with two attached hydrogens (primary N) is 2. The van der Waals surface area contributed by atoms with Crippen LogP contribution in [0.25, 0.3) is 0 Å². The number of hydrogen-bond donors (Lipinski definition) is 4. The molecule has 28 heavy (non-hydrogen) atoms. The summed E-state index contributed by atoms with van der Waals surface area (Å²) in [7, 11) is 0. The largest absolute Gasteiger partial charge is 0.370 e. The summed E-state index contributed by atoms with van der Waals surface area (Å²) in [6.07, 6.45) is 1.47. The van der Waals surface area contributed by atoms with Crippen molar-refractivity contribution in [2.75, 3.05) is 5.32 Å². The molecule has 0 radical (unpaired) electrons. The van der Waals surface area contributed by atoms with Crippen LogP contribution in [0.5, 0.6) is 0 Å². The molecule has 0 heterocycles. The van der Waals surface area contributed by atoms with E-state index < -0.39 is 17.6 Å². The number of anilines is 1. The summed E-state index contributed by atoms with van der Waals surface area (Å²) in [6.45, 7) is 2.01. The van der Waals surface area contributed by atoms with E-state index in [1.807, 2.05) is 18.2 Å². The van der Waals surface area contributed by atoms with Gasteiger partial charge in [-0.2, -0.15) is 0 Å². The van der Waals surface area contributed by atoms with Crippen LogP contribution in [0, 0.1) is 12.7 Å². The van der Waals surface area contributed by atoms with E-state index in [2.05, 4.69) is 15.6 Å². The molecule has 3 rings (SSSR count). The minimum absolute atomic E-state index is 0.0325. The van der Waals surface area contributed by atoms with E-state index in [1.165, 1.54) is 12.1 Å². The summed E-state index contributed by atoms with van der Waals surface area (Å²) < 4.78 is 13.6. The summed E-state index contributed by atoms with van der Waals surface area (Å²) in [5.41, 5.74) is 14.4. The zero-order valence-corrected chi connectivity index (χ0v) is 15.5. The molecule has 0 unspecified atom stereocenters. The van der Waals surface area contributed by atoms with Crippen LogP contribution in [0.1, 0.15) is 34.7 Å². The Labute approximate surface area is 162 Å². The van der Waals surface area contributed by atoms with Gasteiger partial charge in [-0.1, -0.05) is 24.3 Å². The Morgan fingerprint density at radius 3 is 2.68 bits per heavy atom. The third-order valence-corrected chi connectivity index (χ3v) is 4.67. The summed E-state index contributed by atoms with van der Waals surface area (Å²) >= 11 is 0. The first-order valence-electron chi connectivity index (χ1n) is 8.88. The third-order valence-electron chi connectivity index (χ3n) is 4.67. The molecule has 0 aromatic heterocycles. The van der Waals surface area contributed by atoms with Crippen LogP contribution in [-0.4, -0.2) is 17.8 Å². The van der Waals surface area contributed by atoms with E-state index in [0.717, 1.165) is 23.1 Å². The number of carbonyl (C=O) groups is 2. The SMILES string of the molecule is Cc1ccc(NC(=O)C(=O)N[C@@H]2CCc3cc(CN=C(N)N)ccc32)cc1F. The number of fused-ring (bicyclic) bond motifs is 1. The lowest BCUT2D eigenvalue weighted by Crippen LogP contribution is -2.37. The Morgan fingerprint density at radius 2 is 1.96 bits per heavy atom. The van der Waals surface area contributed by atoms with Gasteiger partial charge in [0.05, 0.1) is 12.6 Å². The van der Waals surface area contributed by atoms with Gasteiger partial charge in [0.25, 0.3) is 0 Å². The highest BCUT2D eigenvalue weighted by Gasteiger charge is 2.26. The fourth-order valence-corrected chi connectivity index (χ4v) is 3.18. The van der Waals surface area contributed by atoms with Gasteiger partial charge < -0.3 is 22.1 Å². The zero-order chi connectivity index (χ0) is 20.3. The third kappa shape index (κ3) is 4.46. The zero-order valence-electron chi connectivity index (χ0n) is 15.5. The smallest absolute Gasteiger partial charge is 0.313 e. The van der Waals surface area contributed by atoms with Crippen molar-refractivity contribution in [1.29, 1.82) is 0 Å². The van der Waals surface area contributed by atoms with Crippen LogP contribution in [0.15, 0.2) is 41.4 Å². The number of amides is 2. The summed E-state index contributed by atoms with van der Waals surface area (Å²) in [6, 6.07) is 9.83. The molecule has 1 aliphatic carbocycles. The molecule has 0 aliphatic heterocycles. The van der Waals surface area contributed by atoms with E-state index in [1.54, 1.807) is 13.0 Å². The molecule has 2 aromatic rings. The van der Waals surface area contributed by atoms with Crippen LogP contribution in [-0.2, 0) is 22.6 Å². The molecular formula is C20H22FN5O2. The van der Waals surface area contributed by atoms with Crippen molar-refractivity contribution in [3.05, 3.63) is 64.5 Å². The number of aliphatic imine (C=N–C) groups is 1. The summed E-state index contributed by atoms with van der Waals surface area (Å²) in [4.78, 5) is 28.4. The molecule has 1 aliphatic rings. The number of rotatable bonds is 4. The lowest BCUT2D eigenvalue weighted by atomic mass is 10.0. The van der Waals surface area contributed by atoms with Crippen LogP contribution < -0.4 is 22.1 Å². The molecule has 0 saturated heterocycles. The van der Waals surface area contributed by atoms with E-state index in [0.29, 0.717) is 18.5 Å². The van der Waals surface area contributed by atoms with Crippen molar-refractivity contribution in [2.24, 2.45) is 16.5 Å². The van der Waals surface area contributed by atoms with Gasteiger partial charge in [0.1, 0.15) is 5.82 Å². The van der Waals surface area contributed by atoms with Gasteiger partial charge in [0.2, 0.25) is 0 Å². The Hall–Kier alpha value is -3.42. The van der Waals surface area contributed by atoms with Gasteiger partial charge in [0.15, 0.2) is 5.96 Å². The first kappa shape index (κ1) is 19.3. The molecule has 0 fully saturated rings. The van der Waals surface area contributed by atoms with Crippen molar-refractivity contribution < 1.29 is 14.0 Å². The summed E-state index contributed by atoms with van der Waals surface area (Å²) in [5, 5.41) is 5.15. The second-order valence-corrected chi connectivity index (χ2v) is 6.76. The highest BCUT2D eigenvalue weighted by atomic mass is 19.1. The fraction of sp³-hybridized carbons (Fsp3) is 0.250. The number of hydrogen-bond acceptors (Lipinski definition) is 3. The second-order valence-electron chi connectivity index (χ2n) is 6.76. The van der Waals surface area contributed by atoms with Gasteiger partial charge in [-0.15, -0.1) is 0 Å². The van der Waals surface area contributed by atoms with Gasteiger partial charge in [0, 0.05) is 5.69 Å². The van der Waals surface area contributed by atoms with Crippen LogP contribution in [0.4, 0.5) is 10.1 Å². The predicted molar refractivity (Wildman–Crippen MR) is 105 cm³/mol. The highest BCUT2D eigenvalue weighted by molar-refractivity contribution is 6.39. The number of benzene rings is 2. The quantitative estimate of drug-likeness (QED) is 0.364. The lowest BCUT2D eigenvalue weighted by Gasteiger charge is -2.14.